The minimum absolute atomic E-state index is 0.172. The first kappa shape index (κ1) is 37.4. The van der Waals surface area contributed by atoms with Gasteiger partial charge in [-0.1, -0.05) is 126 Å². The lowest BCUT2D eigenvalue weighted by Gasteiger charge is -2.48. The fourth-order valence-electron chi connectivity index (χ4n) is 5.65. The average molecular weight is 728 g/mol. The van der Waals surface area contributed by atoms with Crippen LogP contribution in [0.5, 0.6) is 0 Å². The number of alkyl halides is 3. The van der Waals surface area contributed by atoms with Crippen molar-refractivity contribution in [2.24, 2.45) is 0 Å². The van der Waals surface area contributed by atoms with Crippen molar-refractivity contribution in [1.82, 2.24) is 0 Å². The topological polar surface area (TPSA) is 125 Å². The van der Waals surface area contributed by atoms with Gasteiger partial charge in [-0.2, -0.15) is 0 Å². The Labute approximate surface area is 295 Å². The maximum Gasteiger partial charge on any atom is 0.213 e. The fraction of sp³-hybridized carbons (Fsp3) is 0.486. The average Bonchev–Trinajstić information content (AvgIpc) is 3.09. The SMILES string of the molecule is C[C@@H]1O[C@@H](O[C@H]2[C@H](OCC(Cl)(Cl)Cl)O[C@H](CO)[C@H](O)[C@@H]2O)[C@@H](OCc2ccccc2)[C@H](OCc2ccccc2)[C@@H]1OCc1ccccc1. The highest BCUT2D eigenvalue weighted by Crippen LogP contribution is 2.35. The monoisotopic (exact) mass is 726 g/mol. The van der Waals surface area contributed by atoms with E-state index >= 15 is 0 Å². The molecule has 2 heterocycles. The summed E-state index contributed by atoms with van der Waals surface area (Å²) >= 11 is 17.8. The number of hydrogen-bond donors (Lipinski definition) is 3. The van der Waals surface area contributed by atoms with Crippen LogP contribution in [0.25, 0.3) is 0 Å². The van der Waals surface area contributed by atoms with Gasteiger partial charge in [0.1, 0.15) is 42.7 Å². The van der Waals surface area contributed by atoms with Gasteiger partial charge in [-0.3, -0.25) is 0 Å². The second kappa shape index (κ2) is 17.9. The molecule has 0 aromatic heterocycles. The summed E-state index contributed by atoms with van der Waals surface area (Å²) in [5.74, 6) is 0. The molecule has 0 spiro atoms. The lowest BCUT2D eigenvalue weighted by molar-refractivity contribution is -0.373. The van der Waals surface area contributed by atoms with Crippen LogP contribution in [0.4, 0.5) is 0 Å². The molecule has 0 aliphatic carbocycles. The number of ether oxygens (including phenoxy) is 7. The first-order valence-electron chi connectivity index (χ1n) is 15.7. The van der Waals surface area contributed by atoms with Crippen molar-refractivity contribution in [3.8, 4) is 0 Å². The van der Waals surface area contributed by atoms with E-state index < -0.39 is 78.4 Å². The Kier molecular flexibility index (Phi) is 13.9. The molecule has 0 unspecified atom stereocenters. The highest BCUT2D eigenvalue weighted by Gasteiger charge is 2.52. The predicted molar refractivity (Wildman–Crippen MR) is 178 cm³/mol. The van der Waals surface area contributed by atoms with Crippen molar-refractivity contribution in [2.75, 3.05) is 13.2 Å². The summed E-state index contributed by atoms with van der Waals surface area (Å²) in [6, 6.07) is 29.0. The first-order chi connectivity index (χ1) is 23.1. The number of halogens is 3. The summed E-state index contributed by atoms with van der Waals surface area (Å²) in [6.07, 6.45) is -11.0. The quantitative estimate of drug-likeness (QED) is 0.202. The van der Waals surface area contributed by atoms with Gasteiger partial charge in [0.05, 0.1) is 39.1 Å². The fourth-order valence-corrected chi connectivity index (χ4v) is 5.83. The van der Waals surface area contributed by atoms with Gasteiger partial charge in [0.2, 0.25) is 3.79 Å². The second-order valence-electron chi connectivity index (χ2n) is 11.7. The van der Waals surface area contributed by atoms with E-state index in [9.17, 15) is 15.3 Å². The number of rotatable bonds is 14. The van der Waals surface area contributed by atoms with Crippen molar-refractivity contribution in [3.63, 3.8) is 0 Å². The minimum Gasteiger partial charge on any atom is -0.394 e. The van der Waals surface area contributed by atoms with Crippen LogP contribution < -0.4 is 0 Å². The van der Waals surface area contributed by atoms with E-state index in [0.717, 1.165) is 16.7 Å². The molecule has 10 nitrogen and oxygen atoms in total. The number of hydrogen-bond acceptors (Lipinski definition) is 10. The predicted octanol–water partition coefficient (Wildman–Crippen LogP) is 4.70. The van der Waals surface area contributed by atoms with E-state index in [2.05, 4.69) is 0 Å². The first-order valence-corrected chi connectivity index (χ1v) is 16.8. The Morgan fingerprint density at radius 1 is 0.604 bits per heavy atom. The molecule has 2 aliphatic heterocycles. The standard InChI is InChI=1S/C35H41Cl3O10/c1-22-29(42-18-23-11-5-2-6-12-23)31(43-19-24-13-7-3-8-14-24)32(44-20-25-15-9-4-10-16-25)34(46-22)48-30-28(41)27(40)26(17-39)47-33(30)45-21-35(36,37)38/h2-16,22,26-34,39-41H,17-21H2,1H3/t22-,26+,27-,28-,29+,30+,31+,32-,33+,34-/m0/s1. The zero-order chi connectivity index (χ0) is 34.1. The van der Waals surface area contributed by atoms with E-state index in [1.165, 1.54) is 0 Å². The van der Waals surface area contributed by atoms with Crippen molar-refractivity contribution in [1.29, 1.82) is 0 Å². The summed E-state index contributed by atoms with van der Waals surface area (Å²) < 4.78 is 42.1. The van der Waals surface area contributed by atoms with Crippen molar-refractivity contribution in [2.45, 2.75) is 91.9 Å². The Balaban J connectivity index is 1.45. The molecule has 2 aliphatic rings. The van der Waals surface area contributed by atoms with Gasteiger partial charge in [0.25, 0.3) is 0 Å². The van der Waals surface area contributed by atoms with Crippen LogP contribution in [0.2, 0.25) is 0 Å². The lowest BCUT2D eigenvalue weighted by Crippen LogP contribution is -2.65. The molecule has 0 saturated carbocycles. The van der Waals surface area contributed by atoms with E-state index in [4.69, 9.17) is 68.0 Å². The summed E-state index contributed by atoms with van der Waals surface area (Å²) in [4.78, 5) is 0. The number of aliphatic hydroxyl groups excluding tert-OH is 3. The van der Waals surface area contributed by atoms with Crippen molar-refractivity contribution >= 4 is 34.8 Å². The van der Waals surface area contributed by atoms with Gasteiger partial charge in [-0.05, 0) is 23.6 Å². The van der Waals surface area contributed by atoms with Gasteiger partial charge in [0, 0.05) is 0 Å². The summed E-state index contributed by atoms with van der Waals surface area (Å²) in [5, 5.41) is 31.8. The Morgan fingerprint density at radius 3 is 1.56 bits per heavy atom. The molecule has 3 N–H and O–H groups in total. The molecular weight excluding hydrogens is 687 g/mol. The molecular formula is C35H41Cl3O10. The molecule has 262 valence electrons. The second-order valence-corrected chi connectivity index (χ2v) is 14.2. The van der Waals surface area contributed by atoms with Gasteiger partial charge in [0.15, 0.2) is 12.6 Å². The third kappa shape index (κ3) is 10.3. The molecule has 0 amide bonds. The molecule has 3 aromatic carbocycles. The Morgan fingerprint density at radius 2 is 1.08 bits per heavy atom. The van der Waals surface area contributed by atoms with Crippen LogP contribution in [-0.2, 0) is 53.0 Å². The van der Waals surface area contributed by atoms with E-state index in [1.54, 1.807) is 0 Å². The molecule has 13 heteroatoms. The zero-order valence-corrected chi connectivity index (χ0v) is 28.6. The zero-order valence-electron chi connectivity index (χ0n) is 26.3. The van der Waals surface area contributed by atoms with E-state index in [1.807, 2.05) is 97.9 Å². The Hall–Kier alpha value is -1.87. The van der Waals surface area contributed by atoms with Crippen molar-refractivity contribution < 1.29 is 48.5 Å². The van der Waals surface area contributed by atoms with Crippen LogP contribution in [0, 0.1) is 0 Å². The van der Waals surface area contributed by atoms with E-state index in [0.29, 0.717) is 0 Å². The summed E-state index contributed by atoms with van der Waals surface area (Å²) in [7, 11) is 0. The summed E-state index contributed by atoms with van der Waals surface area (Å²) in [5.41, 5.74) is 2.80. The maximum absolute atomic E-state index is 11.2. The smallest absolute Gasteiger partial charge is 0.213 e. The van der Waals surface area contributed by atoms with Crippen molar-refractivity contribution in [3.05, 3.63) is 108 Å². The van der Waals surface area contributed by atoms with Crippen LogP contribution in [0.3, 0.4) is 0 Å². The molecule has 5 rings (SSSR count). The van der Waals surface area contributed by atoms with Gasteiger partial charge in [-0.25, -0.2) is 0 Å². The highest BCUT2D eigenvalue weighted by molar-refractivity contribution is 6.67. The van der Waals surface area contributed by atoms with Gasteiger partial charge >= 0.3 is 0 Å². The molecule has 2 saturated heterocycles. The molecule has 0 radical (unpaired) electrons. The van der Waals surface area contributed by atoms with Gasteiger partial charge in [-0.15, -0.1) is 0 Å². The normalized spacial score (nSPS) is 31.1. The highest BCUT2D eigenvalue weighted by atomic mass is 35.6. The molecule has 48 heavy (non-hydrogen) atoms. The largest absolute Gasteiger partial charge is 0.394 e. The third-order valence-electron chi connectivity index (χ3n) is 8.11. The Bertz CT molecular complexity index is 1350. The summed E-state index contributed by atoms with van der Waals surface area (Å²) in [6.45, 7) is 1.50. The van der Waals surface area contributed by atoms with E-state index in [-0.39, 0.29) is 19.8 Å². The molecule has 2 fully saturated rings. The van der Waals surface area contributed by atoms with Crippen LogP contribution in [0.1, 0.15) is 23.6 Å². The molecule has 10 atom stereocenters. The molecule has 3 aromatic rings. The lowest BCUT2D eigenvalue weighted by atomic mass is 9.97. The van der Waals surface area contributed by atoms with Crippen LogP contribution >= 0.6 is 34.8 Å². The number of aliphatic hydroxyl groups is 3. The van der Waals surface area contributed by atoms with Crippen LogP contribution in [-0.4, -0.2) is 93.7 Å². The number of benzene rings is 3. The third-order valence-corrected chi connectivity index (χ3v) is 8.44. The maximum atomic E-state index is 11.2. The van der Waals surface area contributed by atoms with Gasteiger partial charge < -0.3 is 48.5 Å². The van der Waals surface area contributed by atoms with Crippen LogP contribution in [0.15, 0.2) is 91.0 Å². The molecule has 0 bridgehead atoms. The minimum atomic E-state index is -1.82.